The number of alkyl halides is 3. The standard InChI is InChI=1S/C19H17ClF3N5O2/c1-2-3-17(29)28(11-12-4-6-16(7-5-12)30-19(21,22)23)15-9-13(8-14(20)10-15)18-24-26-27-25-18/h4-10H,2-3,11H2,1H3,(H,24,25,26,27). The van der Waals surface area contributed by atoms with Gasteiger partial charge in [0.05, 0.1) is 6.54 Å². The third-order valence-corrected chi connectivity index (χ3v) is 4.29. The normalized spacial score (nSPS) is 11.4. The first-order valence-corrected chi connectivity index (χ1v) is 9.32. The van der Waals surface area contributed by atoms with Gasteiger partial charge in [0.25, 0.3) is 0 Å². The number of aromatic amines is 1. The number of ether oxygens (including phenoxy) is 1. The van der Waals surface area contributed by atoms with Gasteiger partial charge in [-0.25, -0.2) is 5.10 Å². The molecule has 0 fully saturated rings. The number of hydrogen-bond acceptors (Lipinski definition) is 5. The molecule has 0 aliphatic carbocycles. The fourth-order valence-electron chi connectivity index (χ4n) is 2.80. The second-order valence-corrected chi connectivity index (χ2v) is 6.81. The molecule has 0 aliphatic rings. The number of anilines is 1. The average Bonchev–Trinajstić information content (AvgIpc) is 3.20. The molecule has 7 nitrogen and oxygen atoms in total. The first kappa shape index (κ1) is 21.6. The van der Waals surface area contributed by atoms with Gasteiger partial charge in [-0.1, -0.05) is 30.7 Å². The number of nitrogens with one attached hydrogen (secondary N) is 1. The molecular formula is C19H17ClF3N5O2. The van der Waals surface area contributed by atoms with Crippen LogP contribution < -0.4 is 9.64 Å². The monoisotopic (exact) mass is 439 g/mol. The second-order valence-electron chi connectivity index (χ2n) is 6.37. The highest BCUT2D eigenvalue weighted by atomic mass is 35.5. The van der Waals surface area contributed by atoms with Crippen LogP contribution >= 0.6 is 11.6 Å². The van der Waals surface area contributed by atoms with Crippen LogP contribution in [0.15, 0.2) is 42.5 Å². The minimum Gasteiger partial charge on any atom is -0.406 e. The van der Waals surface area contributed by atoms with Crippen LogP contribution in [0.25, 0.3) is 11.4 Å². The first-order chi connectivity index (χ1) is 14.2. The van der Waals surface area contributed by atoms with Gasteiger partial charge in [0.15, 0.2) is 5.82 Å². The van der Waals surface area contributed by atoms with Crippen LogP contribution in [0.3, 0.4) is 0 Å². The number of carbonyl (C=O) groups excluding carboxylic acids is 1. The predicted octanol–water partition coefficient (Wildman–Crippen LogP) is 4.75. The molecular weight excluding hydrogens is 423 g/mol. The summed E-state index contributed by atoms with van der Waals surface area (Å²) in [4.78, 5) is 14.3. The van der Waals surface area contributed by atoms with Crippen LogP contribution in [0.1, 0.15) is 25.3 Å². The number of H-pyrrole nitrogens is 1. The van der Waals surface area contributed by atoms with E-state index in [-0.39, 0.29) is 18.2 Å². The molecule has 0 spiro atoms. The van der Waals surface area contributed by atoms with E-state index in [0.29, 0.717) is 40.5 Å². The third-order valence-electron chi connectivity index (χ3n) is 4.08. The molecule has 1 N–H and O–H groups in total. The Morgan fingerprint density at radius 3 is 2.53 bits per heavy atom. The van der Waals surface area contributed by atoms with E-state index >= 15 is 0 Å². The molecule has 0 unspecified atom stereocenters. The van der Waals surface area contributed by atoms with Gasteiger partial charge < -0.3 is 9.64 Å². The van der Waals surface area contributed by atoms with Gasteiger partial charge >= 0.3 is 6.36 Å². The molecule has 158 valence electrons. The molecule has 3 rings (SSSR count). The van der Waals surface area contributed by atoms with Crippen LogP contribution in [-0.4, -0.2) is 32.9 Å². The van der Waals surface area contributed by atoms with Gasteiger partial charge in [0, 0.05) is 22.7 Å². The molecule has 1 amide bonds. The van der Waals surface area contributed by atoms with Crippen LogP contribution in [-0.2, 0) is 11.3 Å². The Labute approximate surface area is 174 Å². The summed E-state index contributed by atoms with van der Waals surface area (Å²) < 4.78 is 40.9. The van der Waals surface area contributed by atoms with Gasteiger partial charge in [-0.3, -0.25) is 4.79 Å². The maximum Gasteiger partial charge on any atom is 0.573 e. The summed E-state index contributed by atoms with van der Waals surface area (Å²) in [7, 11) is 0. The molecule has 0 radical (unpaired) electrons. The van der Waals surface area contributed by atoms with Gasteiger partial charge in [0.1, 0.15) is 5.75 Å². The molecule has 3 aromatic rings. The Kier molecular flexibility index (Phi) is 6.56. The lowest BCUT2D eigenvalue weighted by Crippen LogP contribution is -2.30. The fourth-order valence-corrected chi connectivity index (χ4v) is 3.03. The summed E-state index contributed by atoms with van der Waals surface area (Å²) >= 11 is 6.23. The van der Waals surface area contributed by atoms with Gasteiger partial charge in [0.2, 0.25) is 5.91 Å². The van der Waals surface area contributed by atoms with Gasteiger partial charge in [-0.05, 0) is 52.7 Å². The maximum absolute atomic E-state index is 12.8. The highest BCUT2D eigenvalue weighted by molar-refractivity contribution is 6.31. The van der Waals surface area contributed by atoms with Crippen molar-refractivity contribution in [3.63, 3.8) is 0 Å². The minimum atomic E-state index is -4.77. The fraction of sp³-hybridized carbons (Fsp3) is 0.263. The molecule has 0 atom stereocenters. The lowest BCUT2D eigenvalue weighted by Gasteiger charge is -2.24. The Bertz CT molecular complexity index is 994. The Hall–Kier alpha value is -3.14. The molecule has 2 aromatic carbocycles. The summed E-state index contributed by atoms with van der Waals surface area (Å²) in [5.74, 6) is -0.104. The number of amides is 1. The first-order valence-electron chi connectivity index (χ1n) is 8.95. The highest BCUT2D eigenvalue weighted by Gasteiger charge is 2.31. The average molecular weight is 440 g/mol. The van der Waals surface area contributed by atoms with Crippen molar-refractivity contribution < 1.29 is 22.7 Å². The van der Waals surface area contributed by atoms with Crippen molar-refractivity contribution in [2.24, 2.45) is 0 Å². The lowest BCUT2D eigenvalue weighted by atomic mass is 10.1. The lowest BCUT2D eigenvalue weighted by molar-refractivity contribution is -0.274. The van der Waals surface area contributed by atoms with Crippen LogP contribution in [0.4, 0.5) is 18.9 Å². The van der Waals surface area contributed by atoms with E-state index in [2.05, 4.69) is 25.4 Å². The van der Waals surface area contributed by atoms with Crippen molar-refractivity contribution >= 4 is 23.2 Å². The Morgan fingerprint density at radius 2 is 1.93 bits per heavy atom. The van der Waals surface area contributed by atoms with E-state index in [1.807, 2.05) is 6.92 Å². The quantitative estimate of drug-likeness (QED) is 0.574. The number of aromatic nitrogens is 4. The Balaban J connectivity index is 1.90. The zero-order valence-electron chi connectivity index (χ0n) is 15.8. The number of nitrogens with zero attached hydrogens (tertiary/aromatic N) is 4. The summed E-state index contributed by atoms with van der Waals surface area (Å²) in [5, 5.41) is 13.9. The van der Waals surface area contributed by atoms with Crippen molar-refractivity contribution in [3.05, 3.63) is 53.1 Å². The molecule has 1 heterocycles. The van der Waals surface area contributed by atoms with Crippen LogP contribution in [0.2, 0.25) is 5.02 Å². The minimum absolute atomic E-state index is 0.138. The van der Waals surface area contributed by atoms with Crippen molar-refractivity contribution in [2.75, 3.05) is 4.90 Å². The number of hydrogen-bond donors (Lipinski definition) is 1. The van der Waals surface area contributed by atoms with E-state index in [1.165, 1.54) is 29.2 Å². The molecule has 0 saturated carbocycles. The van der Waals surface area contributed by atoms with Gasteiger partial charge in [-0.2, -0.15) is 0 Å². The molecule has 0 saturated heterocycles. The molecule has 0 aliphatic heterocycles. The van der Waals surface area contributed by atoms with Crippen molar-refractivity contribution in [2.45, 2.75) is 32.7 Å². The van der Waals surface area contributed by atoms with Crippen molar-refractivity contribution in [1.29, 1.82) is 0 Å². The number of benzene rings is 2. The molecule has 0 bridgehead atoms. The van der Waals surface area contributed by atoms with E-state index < -0.39 is 6.36 Å². The number of carbonyl (C=O) groups is 1. The molecule has 11 heteroatoms. The summed E-state index contributed by atoms with van der Waals surface area (Å²) in [6.07, 6.45) is -3.84. The highest BCUT2D eigenvalue weighted by Crippen LogP contribution is 2.29. The predicted molar refractivity (Wildman–Crippen MR) is 104 cm³/mol. The van der Waals surface area contributed by atoms with Crippen LogP contribution in [0.5, 0.6) is 5.75 Å². The Morgan fingerprint density at radius 1 is 1.20 bits per heavy atom. The maximum atomic E-state index is 12.8. The van der Waals surface area contributed by atoms with Crippen LogP contribution in [0, 0.1) is 0 Å². The van der Waals surface area contributed by atoms with E-state index in [9.17, 15) is 18.0 Å². The smallest absolute Gasteiger partial charge is 0.406 e. The molecule has 30 heavy (non-hydrogen) atoms. The zero-order chi connectivity index (χ0) is 21.7. The van der Waals surface area contributed by atoms with E-state index in [0.717, 1.165) is 0 Å². The summed E-state index contributed by atoms with van der Waals surface area (Å²) in [6.45, 7) is 2.02. The van der Waals surface area contributed by atoms with E-state index in [4.69, 9.17) is 11.6 Å². The van der Waals surface area contributed by atoms with Crippen molar-refractivity contribution in [3.8, 4) is 17.1 Å². The van der Waals surface area contributed by atoms with Crippen molar-refractivity contribution in [1.82, 2.24) is 20.6 Å². The largest absolute Gasteiger partial charge is 0.573 e. The number of tetrazole rings is 1. The number of rotatable bonds is 7. The summed E-state index contributed by atoms with van der Waals surface area (Å²) in [6, 6.07) is 10.3. The van der Waals surface area contributed by atoms with Gasteiger partial charge in [-0.15, -0.1) is 18.3 Å². The third kappa shape index (κ3) is 5.69. The second kappa shape index (κ2) is 9.12. The topological polar surface area (TPSA) is 84.0 Å². The molecule has 1 aromatic heterocycles. The number of halogens is 4. The van der Waals surface area contributed by atoms with E-state index in [1.54, 1.807) is 18.2 Å². The summed E-state index contributed by atoms with van der Waals surface area (Å²) in [5.41, 5.74) is 1.73. The SMILES string of the molecule is CCCC(=O)N(Cc1ccc(OC(F)(F)F)cc1)c1cc(Cl)cc(-c2nnn[nH]2)c1. The zero-order valence-corrected chi connectivity index (χ0v) is 16.5.